The van der Waals surface area contributed by atoms with Gasteiger partial charge in [-0.3, -0.25) is 9.59 Å². The van der Waals surface area contributed by atoms with E-state index in [4.69, 9.17) is 5.11 Å². The fourth-order valence-corrected chi connectivity index (χ4v) is 3.51. The third kappa shape index (κ3) is 4.07. The van der Waals surface area contributed by atoms with Gasteiger partial charge in [-0.15, -0.1) is 0 Å². The maximum absolute atomic E-state index is 12.2. The van der Waals surface area contributed by atoms with Gasteiger partial charge >= 0.3 is 5.97 Å². The van der Waals surface area contributed by atoms with E-state index in [1.54, 1.807) is 11.3 Å². The van der Waals surface area contributed by atoms with Crippen molar-refractivity contribution in [1.29, 1.82) is 0 Å². The Morgan fingerprint density at radius 2 is 2.20 bits per heavy atom. The van der Waals surface area contributed by atoms with Crippen molar-refractivity contribution in [2.24, 2.45) is 11.8 Å². The van der Waals surface area contributed by atoms with Crippen molar-refractivity contribution >= 4 is 23.2 Å². The average molecular weight is 295 g/mol. The van der Waals surface area contributed by atoms with Gasteiger partial charge < -0.3 is 10.4 Å². The summed E-state index contributed by atoms with van der Waals surface area (Å²) in [4.78, 5) is 23.2. The molecule has 1 aliphatic carbocycles. The van der Waals surface area contributed by atoms with Crippen LogP contribution in [0.25, 0.3) is 0 Å². The van der Waals surface area contributed by atoms with Crippen molar-refractivity contribution in [1.82, 2.24) is 5.32 Å². The number of carbonyl (C=O) groups is 2. The number of hydrogen-bond donors (Lipinski definition) is 2. The first-order valence-electron chi connectivity index (χ1n) is 7.10. The number of thiophene rings is 1. The zero-order valence-corrected chi connectivity index (χ0v) is 12.5. The monoisotopic (exact) mass is 295 g/mol. The number of nitrogens with one attached hydrogen (secondary N) is 1. The van der Waals surface area contributed by atoms with E-state index >= 15 is 0 Å². The Balaban J connectivity index is 1.83. The Kier molecular flexibility index (Phi) is 5.17. The highest BCUT2D eigenvalue weighted by Crippen LogP contribution is 2.29. The molecule has 1 heterocycles. The van der Waals surface area contributed by atoms with Crippen LogP contribution in [0.3, 0.4) is 0 Å². The standard InChI is InChI=1S/C15H21NO3S/c1-10(7-11-5-6-20-9-11)16-14(17)12-3-2-4-13(8-12)15(18)19/h5-6,9-10,12-13H,2-4,7-8H2,1H3,(H,16,17)(H,18,19). The molecule has 0 aliphatic heterocycles. The van der Waals surface area contributed by atoms with E-state index in [0.717, 1.165) is 19.3 Å². The van der Waals surface area contributed by atoms with E-state index in [9.17, 15) is 9.59 Å². The topological polar surface area (TPSA) is 66.4 Å². The van der Waals surface area contributed by atoms with Crippen LogP contribution in [0.4, 0.5) is 0 Å². The van der Waals surface area contributed by atoms with Gasteiger partial charge in [0.05, 0.1) is 5.92 Å². The summed E-state index contributed by atoms with van der Waals surface area (Å²) in [5, 5.41) is 16.2. The molecular weight excluding hydrogens is 274 g/mol. The molecule has 1 aliphatic rings. The number of amides is 1. The lowest BCUT2D eigenvalue weighted by atomic mass is 9.81. The highest BCUT2D eigenvalue weighted by molar-refractivity contribution is 7.07. The van der Waals surface area contributed by atoms with Crippen molar-refractivity contribution in [3.8, 4) is 0 Å². The molecule has 0 radical (unpaired) electrons. The van der Waals surface area contributed by atoms with Crippen LogP contribution in [0.2, 0.25) is 0 Å². The van der Waals surface area contributed by atoms with Gasteiger partial charge in [0.2, 0.25) is 5.91 Å². The van der Waals surface area contributed by atoms with Crippen LogP contribution < -0.4 is 5.32 Å². The minimum absolute atomic E-state index is 0.0127. The molecule has 5 heteroatoms. The molecule has 1 aromatic heterocycles. The number of hydrogen-bond acceptors (Lipinski definition) is 3. The van der Waals surface area contributed by atoms with Crippen molar-refractivity contribution in [3.63, 3.8) is 0 Å². The highest BCUT2D eigenvalue weighted by Gasteiger charge is 2.31. The summed E-state index contributed by atoms with van der Waals surface area (Å²) in [6.07, 6.45) is 3.63. The van der Waals surface area contributed by atoms with Crippen LogP contribution >= 0.6 is 11.3 Å². The average Bonchev–Trinajstić information content (AvgIpc) is 2.91. The molecule has 110 valence electrons. The maximum atomic E-state index is 12.2. The number of carboxylic acid groups (broad SMARTS) is 1. The molecule has 1 aromatic rings. The van der Waals surface area contributed by atoms with Gasteiger partial charge in [-0.2, -0.15) is 11.3 Å². The molecular formula is C15H21NO3S. The van der Waals surface area contributed by atoms with Crippen LogP contribution in [-0.2, 0) is 16.0 Å². The van der Waals surface area contributed by atoms with Gasteiger partial charge in [0.1, 0.15) is 0 Å². The number of carbonyl (C=O) groups excluding carboxylic acids is 1. The summed E-state index contributed by atoms with van der Waals surface area (Å²) >= 11 is 1.65. The first-order chi connectivity index (χ1) is 9.56. The van der Waals surface area contributed by atoms with Gasteiger partial charge in [-0.25, -0.2) is 0 Å². The molecule has 1 amide bonds. The summed E-state index contributed by atoms with van der Waals surface area (Å²) < 4.78 is 0. The molecule has 2 rings (SSSR count). The third-order valence-electron chi connectivity index (χ3n) is 3.90. The van der Waals surface area contributed by atoms with Crippen molar-refractivity contribution in [3.05, 3.63) is 22.4 Å². The van der Waals surface area contributed by atoms with E-state index in [1.807, 2.05) is 12.3 Å². The second-order valence-corrected chi connectivity index (χ2v) is 6.42. The summed E-state index contributed by atoms with van der Waals surface area (Å²) in [5.41, 5.74) is 1.23. The van der Waals surface area contributed by atoms with Crippen LogP contribution in [-0.4, -0.2) is 23.0 Å². The smallest absolute Gasteiger partial charge is 0.306 e. The predicted octanol–water partition coefficient (Wildman–Crippen LogP) is 2.69. The Morgan fingerprint density at radius 1 is 1.45 bits per heavy atom. The molecule has 2 N–H and O–H groups in total. The fourth-order valence-electron chi connectivity index (χ4n) is 2.83. The quantitative estimate of drug-likeness (QED) is 0.877. The number of rotatable bonds is 5. The zero-order chi connectivity index (χ0) is 14.5. The van der Waals surface area contributed by atoms with E-state index in [-0.39, 0.29) is 23.8 Å². The van der Waals surface area contributed by atoms with E-state index in [1.165, 1.54) is 5.56 Å². The maximum Gasteiger partial charge on any atom is 0.306 e. The second-order valence-electron chi connectivity index (χ2n) is 5.64. The van der Waals surface area contributed by atoms with Gasteiger partial charge in [0.15, 0.2) is 0 Å². The van der Waals surface area contributed by atoms with Gasteiger partial charge in [0.25, 0.3) is 0 Å². The minimum Gasteiger partial charge on any atom is -0.481 e. The molecule has 0 spiro atoms. The highest BCUT2D eigenvalue weighted by atomic mass is 32.1. The Bertz CT molecular complexity index is 458. The molecule has 3 unspecified atom stereocenters. The third-order valence-corrected chi connectivity index (χ3v) is 4.64. The van der Waals surface area contributed by atoms with E-state index < -0.39 is 5.97 Å². The molecule has 1 saturated carbocycles. The Labute approximate surface area is 123 Å². The molecule has 3 atom stereocenters. The predicted molar refractivity (Wildman–Crippen MR) is 78.7 cm³/mol. The number of aliphatic carboxylic acids is 1. The largest absolute Gasteiger partial charge is 0.481 e. The van der Waals surface area contributed by atoms with Crippen LogP contribution in [0.15, 0.2) is 16.8 Å². The molecule has 0 bridgehead atoms. The Morgan fingerprint density at radius 3 is 2.85 bits per heavy atom. The molecule has 4 nitrogen and oxygen atoms in total. The van der Waals surface area contributed by atoms with Crippen LogP contribution in [0.1, 0.15) is 38.2 Å². The summed E-state index contributed by atoms with van der Waals surface area (Å²) in [6, 6.07) is 2.15. The van der Waals surface area contributed by atoms with Gasteiger partial charge in [-0.1, -0.05) is 6.42 Å². The second kappa shape index (κ2) is 6.88. The fraction of sp³-hybridized carbons (Fsp3) is 0.600. The lowest BCUT2D eigenvalue weighted by Gasteiger charge is -2.27. The first kappa shape index (κ1) is 15.0. The lowest BCUT2D eigenvalue weighted by molar-refractivity contribution is -0.144. The molecule has 0 saturated heterocycles. The van der Waals surface area contributed by atoms with E-state index in [0.29, 0.717) is 12.8 Å². The zero-order valence-electron chi connectivity index (χ0n) is 11.7. The summed E-state index contributed by atoms with van der Waals surface area (Å²) in [5.74, 6) is -1.26. The van der Waals surface area contributed by atoms with Crippen molar-refractivity contribution in [2.75, 3.05) is 0 Å². The summed E-state index contributed by atoms with van der Waals surface area (Å²) in [6.45, 7) is 1.99. The van der Waals surface area contributed by atoms with Crippen molar-refractivity contribution in [2.45, 2.75) is 45.1 Å². The van der Waals surface area contributed by atoms with Crippen LogP contribution in [0.5, 0.6) is 0 Å². The molecule has 20 heavy (non-hydrogen) atoms. The Hall–Kier alpha value is -1.36. The summed E-state index contributed by atoms with van der Waals surface area (Å²) in [7, 11) is 0. The van der Waals surface area contributed by atoms with Crippen LogP contribution in [0, 0.1) is 11.8 Å². The number of carboxylic acids is 1. The van der Waals surface area contributed by atoms with Gasteiger partial charge in [0, 0.05) is 12.0 Å². The lowest BCUT2D eigenvalue weighted by Crippen LogP contribution is -2.40. The molecule has 1 fully saturated rings. The van der Waals surface area contributed by atoms with E-state index in [2.05, 4.69) is 16.8 Å². The first-order valence-corrected chi connectivity index (χ1v) is 8.04. The van der Waals surface area contributed by atoms with Crippen molar-refractivity contribution < 1.29 is 14.7 Å². The normalized spacial score (nSPS) is 24.1. The molecule has 0 aromatic carbocycles. The van der Waals surface area contributed by atoms with Gasteiger partial charge in [-0.05, 0) is 55.0 Å². The SMILES string of the molecule is CC(Cc1ccsc1)NC(=O)C1CCCC(C(=O)O)C1. The minimum atomic E-state index is -0.770.